The molecule has 0 spiro atoms. The molecule has 1 fully saturated rings. The number of nitrogens with zero attached hydrogens (tertiary/aromatic N) is 2. The van der Waals surface area contributed by atoms with E-state index >= 15 is 0 Å². The van der Waals surface area contributed by atoms with Crippen molar-refractivity contribution in [2.45, 2.75) is 13.0 Å². The molecule has 2 rings (SSSR count). The van der Waals surface area contributed by atoms with E-state index in [2.05, 4.69) is 10.5 Å². The lowest BCUT2D eigenvalue weighted by atomic mass is 10.1. The molecule has 1 saturated heterocycles. The van der Waals surface area contributed by atoms with E-state index in [9.17, 15) is 4.79 Å². The molecule has 0 N–H and O–H groups in total. The highest BCUT2D eigenvalue weighted by molar-refractivity contribution is 5.79. The number of likely N-dealkylation sites (tertiary alicyclic amines) is 1. The minimum absolute atomic E-state index is 0.113. The summed E-state index contributed by atoms with van der Waals surface area (Å²) >= 11 is 0. The van der Waals surface area contributed by atoms with Crippen LogP contribution in [0.5, 0.6) is 0 Å². The lowest BCUT2D eigenvalue weighted by molar-refractivity contribution is -0.127. The zero-order valence-corrected chi connectivity index (χ0v) is 8.60. The fourth-order valence-electron chi connectivity index (χ4n) is 1.86. The maximum atomic E-state index is 11.5. The van der Waals surface area contributed by atoms with E-state index in [1.54, 1.807) is 0 Å². The highest BCUT2D eigenvalue weighted by Crippen LogP contribution is 2.16. The van der Waals surface area contributed by atoms with Gasteiger partial charge in [0, 0.05) is 44.4 Å². The quantitative estimate of drug-likeness (QED) is 0.670. The average Bonchev–Trinajstić information content (AvgIpc) is 2.84. The van der Waals surface area contributed by atoms with Gasteiger partial charge in [0.25, 0.3) is 0 Å². The van der Waals surface area contributed by atoms with Gasteiger partial charge in [-0.15, -0.1) is 12.3 Å². The van der Waals surface area contributed by atoms with Crippen molar-refractivity contribution in [2.24, 2.45) is 5.92 Å². The predicted molar refractivity (Wildman–Crippen MR) is 58.0 cm³/mol. The first kappa shape index (κ1) is 9.85. The molecule has 0 aliphatic carbocycles. The lowest BCUT2D eigenvalue weighted by Gasteiger charge is -2.15. The molecule has 1 unspecified atom stereocenters. The standard InChI is InChI=1S/C12H14N2O/c1-2-11-9-12(15)14(10-11)8-7-13-5-3-4-6-13/h1,3-6,11H,7-10H2. The molecule has 78 valence electrons. The van der Waals surface area contributed by atoms with Gasteiger partial charge < -0.3 is 9.47 Å². The molecule has 15 heavy (non-hydrogen) atoms. The van der Waals surface area contributed by atoms with Gasteiger partial charge in [-0.3, -0.25) is 4.79 Å². The van der Waals surface area contributed by atoms with Crippen LogP contribution in [-0.4, -0.2) is 28.5 Å². The Morgan fingerprint density at radius 3 is 2.73 bits per heavy atom. The molecule has 1 atom stereocenters. The second-order valence-corrected chi connectivity index (χ2v) is 3.83. The Labute approximate surface area is 89.7 Å². The predicted octanol–water partition coefficient (Wildman–Crippen LogP) is 0.970. The normalized spacial score (nSPS) is 20.6. The van der Waals surface area contributed by atoms with E-state index in [1.807, 2.05) is 29.4 Å². The minimum Gasteiger partial charge on any atom is -0.352 e. The molecule has 1 amide bonds. The molecule has 0 aromatic carbocycles. The molecule has 3 nitrogen and oxygen atoms in total. The highest BCUT2D eigenvalue weighted by atomic mass is 16.2. The number of rotatable bonds is 3. The van der Waals surface area contributed by atoms with Gasteiger partial charge in [0.15, 0.2) is 0 Å². The maximum Gasteiger partial charge on any atom is 0.223 e. The van der Waals surface area contributed by atoms with Crippen LogP contribution in [0.15, 0.2) is 24.5 Å². The third-order valence-corrected chi connectivity index (χ3v) is 2.74. The van der Waals surface area contributed by atoms with Crippen LogP contribution in [-0.2, 0) is 11.3 Å². The van der Waals surface area contributed by atoms with Crippen molar-refractivity contribution < 1.29 is 4.79 Å². The highest BCUT2D eigenvalue weighted by Gasteiger charge is 2.27. The summed E-state index contributed by atoms with van der Waals surface area (Å²) in [6.07, 6.45) is 9.83. The van der Waals surface area contributed by atoms with Gasteiger partial charge in [-0.05, 0) is 12.1 Å². The molecular weight excluding hydrogens is 188 g/mol. The van der Waals surface area contributed by atoms with Gasteiger partial charge in [0.05, 0.1) is 0 Å². The van der Waals surface area contributed by atoms with Crippen molar-refractivity contribution in [3.63, 3.8) is 0 Å². The molecule has 3 heteroatoms. The van der Waals surface area contributed by atoms with Crippen molar-refractivity contribution in [1.29, 1.82) is 0 Å². The van der Waals surface area contributed by atoms with Gasteiger partial charge in [-0.2, -0.15) is 0 Å². The molecular formula is C12H14N2O. The first-order chi connectivity index (χ1) is 7.29. The minimum atomic E-state index is 0.113. The van der Waals surface area contributed by atoms with Crippen LogP contribution >= 0.6 is 0 Å². The first-order valence-corrected chi connectivity index (χ1v) is 5.14. The zero-order chi connectivity index (χ0) is 10.7. The van der Waals surface area contributed by atoms with E-state index in [-0.39, 0.29) is 11.8 Å². The molecule has 1 aromatic heterocycles. The second-order valence-electron chi connectivity index (χ2n) is 3.83. The molecule has 0 bridgehead atoms. The zero-order valence-electron chi connectivity index (χ0n) is 8.60. The van der Waals surface area contributed by atoms with E-state index in [0.717, 1.165) is 19.6 Å². The second kappa shape index (κ2) is 4.22. The van der Waals surface area contributed by atoms with E-state index in [0.29, 0.717) is 6.42 Å². The average molecular weight is 202 g/mol. The monoisotopic (exact) mass is 202 g/mol. The van der Waals surface area contributed by atoms with Crippen LogP contribution in [0.4, 0.5) is 0 Å². The van der Waals surface area contributed by atoms with Gasteiger partial charge in [-0.1, -0.05) is 0 Å². The molecule has 0 radical (unpaired) electrons. The lowest BCUT2D eigenvalue weighted by Crippen LogP contribution is -2.28. The molecule has 1 aromatic rings. The summed E-state index contributed by atoms with van der Waals surface area (Å²) in [6, 6.07) is 3.96. The Balaban J connectivity index is 1.86. The number of carbonyl (C=O) groups excluding carboxylic acids is 1. The smallest absolute Gasteiger partial charge is 0.223 e. The number of aromatic nitrogens is 1. The number of carbonyl (C=O) groups is 1. The number of hydrogen-bond donors (Lipinski definition) is 0. The van der Waals surface area contributed by atoms with Gasteiger partial charge in [0.1, 0.15) is 0 Å². The van der Waals surface area contributed by atoms with Crippen LogP contribution in [0.1, 0.15) is 6.42 Å². The maximum absolute atomic E-state index is 11.5. The summed E-state index contributed by atoms with van der Waals surface area (Å²) in [4.78, 5) is 13.4. The van der Waals surface area contributed by atoms with Crippen LogP contribution in [0.25, 0.3) is 0 Å². The van der Waals surface area contributed by atoms with Gasteiger partial charge in [0.2, 0.25) is 5.91 Å². The van der Waals surface area contributed by atoms with Crippen molar-refractivity contribution in [3.8, 4) is 12.3 Å². The van der Waals surface area contributed by atoms with Crippen LogP contribution < -0.4 is 0 Å². The van der Waals surface area contributed by atoms with Crippen LogP contribution in [0.3, 0.4) is 0 Å². The summed E-state index contributed by atoms with van der Waals surface area (Å²) in [6.45, 7) is 2.32. The Hall–Kier alpha value is -1.69. The summed E-state index contributed by atoms with van der Waals surface area (Å²) in [5.74, 6) is 2.95. The van der Waals surface area contributed by atoms with Crippen LogP contribution in [0.2, 0.25) is 0 Å². The molecule has 1 aliphatic rings. The largest absolute Gasteiger partial charge is 0.352 e. The third kappa shape index (κ3) is 2.21. The topological polar surface area (TPSA) is 25.2 Å². The van der Waals surface area contributed by atoms with E-state index in [4.69, 9.17) is 6.42 Å². The Kier molecular flexibility index (Phi) is 2.77. The summed E-state index contributed by atoms with van der Waals surface area (Å²) < 4.78 is 2.07. The van der Waals surface area contributed by atoms with Crippen molar-refractivity contribution in [3.05, 3.63) is 24.5 Å². The van der Waals surface area contributed by atoms with E-state index in [1.165, 1.54) is 0 Å². The van der Waals surface area contributed by atoms with Gasteiger partial charge >= 0.3 is 0 Å². The van der Waals surface area contributed by atoms with Gasteiger partial charge in [-0.25, -0.2) is 0 Å². The fourth-order valence-corrected chi connectivity index (χ4v) is 1.86. The Bertz CT molecular complexity index is 375. The summed E-state index contributed by atoms with van der Waals surface area (Å²) in [5.41, 5.74) is 0. The van der Waals surface area contributed by atoms with E-state index < -0.39 is 0 Å². The number of amides is 1. The molecule has 0 saturated carbocycles. The van der Waals surface area contributed by atoms with Crippen molar-refractivity contribution in [2.75, 3.05) is 13.1 Å². The van der Waals surface area contributed by atoms with Crippen molar-refractivity contribution >= 4 is 5.91 Å². The fraction of sp³-hybridized carbons (Fsp3) is 0.417. The SMILES string of the molecule is C#CC1CC(=O)N(CCn2cccc2)C1. The number of hydrogen-bond acceptors (Lipinski definition) is 1. The van der Waals surface area contributed by atoms with Crippen LogP contribution in [0, 0.1) is 18.3 Å². The summed E-state index contributed by atoms with van der Waals surface area (Å²) in [5, 5.41) is 0. The Morgan fingerprint density at radius 2 is 2.13 bits per heavy atom. The molecule has 1 aliphatic heterocycles. The van der Waals surface area contributed by atoms with Crippen molar-refractivity contribution in [1.82, 2.24) is 9.47 Å². The Morgan fingerprint density at radius 1 is 1.40 bits per heavy atom. The third-order valence-electron chi connectivity index (χ3n) is 2.74. The number of terminal acetylenes is 1. The molecule has 2 heterocycles. The first-order valence-electron chi connectivity index (χ1n) is 5.14. The summed E-state index contributed by atoms with van der Waals surface area (Å²) in [7, 11) is 0.